The average molecular weight is 412 g/mol. The molecular formula is C23H29N3O2S. The van der Waals surface area contributed by atoms with E-state index in [1.807, 2.05) is 56.5 Å². The molecule has 2 amide bonds. The summed E-state index contributed by atoms with van der Waals surface area (Å²) < 4.78 is 0. The lowest BCUT2D eigenvalue weighted by atomic mass is 9.96. The van der Waals surface area contributed by atoms with E-state index in [2.05, 4.69) is 21.6 Å². The van der Waals surface area contributed by atoms with Crippen molar-refractivity contribution in [3.63, 3.8) is 0 Å². The van der Waals surface area contributed by atoms with Crippen molar-refractivity contribution < 1.29 is 9.59 Å². The summed E-state index contributed by atoms with van der Waals surface area (Å²) in [5.41, 5.74) is 3.95. The number of benzene rings is 2. The van der Waals surface area contributed by atoms with Gasteiger partial charge in [0.05, 0.1) is 6.54 Å². The summed E-state index contributed by atoms with van der Waals surface area (Å²) in [5, 5.41) is 6.00. The molecule has 3 rings (SSSR count). The number of nitrogens with zero attached hydrogens (tertiary/aromatic N) is 1. The molecule has 1 heterocycles. The van der Waals surface area contributed by atoms with E-state index in [4.69, 9.17) is 0 Å². The van der Waals surface area contributed by atoms with Gasteiger partial charge >= 0.3 is 0 Å². The lowest BCUT2D eigenvalue weighted by molar-refractivity contribution is -0.121. The molecule has 2 aromatic carbocycles. The Morgan fingerprint density at radius 3 is 2.17 bits per heavy atom. The van der Waals surface area contributed by atoms with E-state index in [1.165, 1.54) is 4.90 Å². The quantitative estimate of drug-likeness (QED) is 0.695. The first-order valence-electron chi connectivity index (χ1n) is 9.98. The Bertz CT molecular complexity index is 839. The van der Waals surface area contributed by atoms with Crippen molar-refractivity contribution in [1.29, 1.82) is 0 Å². The second kappa shape index (κ2) is 9.94. The van der Waals surface area contributed by atoms with Gasteiger partial charge in [-0.1, -0.05) is 6.07 Å². The monoisotopic (exact) mass is 411 g/mol. The minimum absolute atomic E-state index is 0.00559. The smallest absolute Gasteiger partial charge is 0.238 e. The fourth-order valence-electron chi connectivity index (χ4n) is 3.72. The normalized spacial score (nSPS) is 15.1. The van der Waals surface area contributed by atoms with Crippen LogP contribution in [-0.4, -0.2) is 42.6 Å². The lowest BCUT2D eigenvalue weighted by Crippen LogP contribution is -2.41. The third-order valence-corrected chi connectivity index (χ3v) is 5.93. The van der Waals surface area contributed by atoms with Gasteiger partial charge in [-0.2, -0.15) is 0 Å². The van der Waals surface area contributed by atoms with E-state index >= 15 is 0 Å². The van der Waals surface area contributed by atoms with Crippen LogP contribution in [0, 0.1) is 19.8 Å². The van der Waals surface area contributed by atoms with Gasteiger partial charge in [0.25, 0.3) is 0 Å². The number of anilines is 2. The van der Waals surface area contributed by atoms with Crippen molar-refractivity contribution in [2.75, 3.05) is 36.5 Å². The average Bonchev–Trinajstić information content (AvgIpc) is 2.68. The van der Waals surface area contributed by atoms with Crippen molar-refractivity contribution in [3.05, 3.63) is 53.6 Å². The number of amides is 2. The number of nitrogens with one attached hydrogen (secondary N) is 2. The summed E-state index contributed by atoms with van der Waals surface area (Å²) in [6, 6.07) is 13.9. The molecule has 0 bridgehead atoms. The number of carbonyl (C=O) groups is 2. The van der Waals surface area contributed by atoms with Crippen molar-refractivity contribution in [3.8, 4) is 0 Å². The fourth-order valence-corrected chi connectivity index (χ4v) is 4.13. The zero-order valence-electron chi connectivity index (χ0n) is 17.3. The van der Waals surface area contributed by atoms with Gasteiger partial charge in [-0.05, 0) is 93.6 Å². The number of piperidine rings is 1. The second-order valence-corrected chi connectivity index (χ2v) is 8.57. The van der Waals surface area contributed by atoms with Crippen LogP contribution in [0.5, 0.6) is 0 Å². The molecule has 1 aliphatic heterocycles. The number of likely N-dealkylation sites (tertiary alicyclic amines) is 1. The van der Waals surface area contributed by atoms with Crippen molar-refractivity contribution in [1.82, 2.24) is 4.90 Å². The molecule has 0 spiro atoms. The topological polar surface area (TPSA) is 61.4 Å². The lowest BCUT2D eigenvalue weighted by Gasteiger charge is -2.30. The van der Waals surface area contributed by atoms with Crippen LogP contribution in [0.3, 0.4) is 0 Å². The van der Waals surface area contributed by atoms with Crippen LogP contribution in [0.4, 0.5) is 11.4 Å². The molecule has 29 heavy (non-hydrogen) atoms. The molecule has 0 saturated carbocycles. The first kappa shape index (κ1) is 21.4. The molecule has 0 unspecified atom stereocenters. The molecule has 0 aromatic heterocycles. The van der Waals surface area contributed by atoms with E-state index < -0.39 is 0 Å². The van der Waals surface area contributed by atoms with E-state index in [-0.39, 0.29) is 17.7 Å². The molecule has 0 atom stereocenters. The van der Waals surface area contributed by atoms with Gasteiger partial charge < -0.3 is 10.6 Å². The van der Waals surface area contributed by atoms with Crippen LogP contribution in [0.1, 0.15) is 24.0 Å². The number of aryl methyl sites for hydroxylation is 2. The SMILES string of the molecule is CSc1ccc(NC(=O)C2CCN(CC(=O)Nc3cc(C)cc(C)c3)CC2)cc1. The van der Waals surface area contributed by atoms with Gasteiger partial charge in [0, 0.05) is 22.2 Å². The van der Waals surface area contributed by atoms with Gasteiger partial charge in [0.1, 0.15) is 0 Å². The maximum atomic E-state index is 12.5. The van der Waals surface area contributed by atoms with Gasteiger partial charge in [0.2, 0.25) is 11.8 Å². The molecule has 1 fully saturated rings. The van der Waals surface area contributed by atoms with Gasteiger partial charge in [0.15, 0.2) is 0 Å². The molecule has 0 radical (unpaired) electrons. The highest BCUT2D eigenvalue weighted by molar-refractivity contribution is 7.98. The number of thioether (sulfide) groups is 1. The van der Waals surface area contributed by atoms with Gasteiger partial charge in [-0.3, -0.25) is 14.5 Å². The van der Waals surface area contributed by atoms with Gasteiger partial charge in [-0.15, -0.1) is 11.8 Å². The maximum absolute atomic E-state index is 12.5. The third kappa shape index (κ3) is 6.34. The molecule has 6 heteroatoms. The molecule has 1 saturated heterocycles. The Labute approximate surface area is 177 Å². The zero-order valence-corrected chi connectivity index (χ0v) is 18.1. The van der Waals surface area contributed by atoms with E-state index in [9.17, 15) is 9.59 Å². The van der Waals surface area contributed by atoms with Crippen LogP contribution in [-0.2, 0) is 9.59 Å². The van der Waals surface area contributed by atoms with Crippen LogP contribution < -0.4 is 10.6 Å². The molecule has 0 aliphatic carbocycles. The standard InChI is InChI=1S/C23H29N3O2S/c1-16-12-17(2)14-20(13-16)24-22(27)15-26-10-8-18(9-11-26)23(28)25-19-4-6-21(29-3)7-5-19/h4-7,12-14,18H,8-11,15H2,1-3H3,(H,24,27)(H,25,28). The second-order valence-electron chi connectivity index (χ2n) is 7.69. The van der Waals surface area contributed by atoms with Crippen LogP contribution in [0.2, 0.25) is 0 Å². The zero-order chi connectivity index (χ0) is 20.8. The Kier molecular flexibility index (Phi) is 7.34. The highest BCUT2D eigenvalue weighted by atomic mass is 32.2. The molecule has 154 valence electrons. The van der Waals surface area contributed by atoms with E-state index in [0.717, 1.165) is 48.4 Å². The molecule has 2 N–H and O–H groups in total. The Hall–Kier alpha value is -2.31. The summed E-state index contributed by atoms with van der Waals surface area (Å²) in [7, 11) is 0. The fraction of sp³-hybridized carbons (Fsp3) is 0.391. The van der Waals surface area contributed by atoms with Crippen LogP contribution in [0.15, 0.2) is 47.4 Å². The first-order chi connectivity index (χ1) is 13.9. The Morgan fingerprint density at radius 2 is 1.59 bits per heavy atom. The van der Waals surface area contributed by atoms with Crippen molar-refractivity contribution in [2.45, 2.75) is 31.6 Å². The minimum Gasteiger partial charge on any atom is -0.326 e. The molecule has 5 nitrogen and oxygen atoms in total. The van der Waals surface area contributed by atoms with Crippen molar-refractivity contribution >= 4 is 35.0 Å². The maximum Gasteiger partial charge on any atom is 0.238 e. The minimum atomic E-state index is -0.00761. The number of hydrogen-bond acceptors (Lipinski definition) is 4. The third-order valence-electron chi connectivity index (χ3n) is 5.19. The predicted molar refractivity (Wildman–Crippen MR) is 121 cm³/mol. The highest BCUT2D eigenvalue weighted by Crippen LogP contribution is 2.22. The molecule has 2 aromatic rings. The predicted octanol–water partition coefficient (Wildman–Crippen LogP) is 4.31. The van der Waals surface area contributed by atoms with Gasteiger partial charge in [-0.25, -0.2) is 0 Å². The van der Waals surface area contributed by atoms with E-state index in [0.29, 0.717) is 6.54 Å². The van der Waals surface area contributed by atoms with Crippen LogP contribution in [0.25, 0.3) is 0 Å². The van der Waals surface area contributed by atoms with Crippen LogP contribution >= 0.6 is 11.8 Å². The summed E-state index contributed by atoms with van der Waals surface area (Å²) in [4.78, 5) is 28.2. The largest absolute Gasteiger partial charge is 0.326 e. The summed E-state index contributed by atoms with van der Waals surface area (Å²) >= 11 is 1.68. The summed E-state index contributed by atoms with van der Waals surface area (Å²) in [5.74, 6) is 0.0574. The first-order valence-corrected chi connectivity index (χ1v) is 11.2. The Balaban J connectivity index is 1.44. The Morgan fingerprint density at radius 1 is 0.966 bits per heavy atom. The number of carbonyl (C=O) groups excluding carboxylic acids is 2. The summed E-state index contributed by atoms with van der Waals surface area (Å²) in [6.07, 6.45) is 3.57. The number of rotatable bonds is 6. The highest BCUT2D eigenvalue weighted by Gasteiger charge is 2.26. The molecular weight excluding hydrogens is 382 g/mol. The van der Waals surface area contributed by atoms with Crippen molar-refractivity contribution in [2.24, 2.45) is 5.92 Å². The number of hydrogen-bond donors (Lipinski definition) is 2. The summed E-state index contributed by atoms with van der Waals surface area (Å²) in [6.45, 7) is 5.91. The van der Waals surface area contributed by atoms with E-state index in [1.54, 1.807) is 11.8 Å². The molecule has 1 aliphatic rings.